The molecule has 1 heterocycles. The van der Waals surface area contributed by atoms with Gasteiger partial charge in [0.2, 0.25) is 5.91 Å². The lowest BCUT2D eigenvalue weighted by Gasteiger charge is -2.23. The van der Waals surface area contributed by atoms with E-state index < -0.39 is 46.3 Å². The molecule has 48 heavy (non-hydrogen) atoms. The Kier molecular flexibility index (Phi) is 11.8. The number of carbonyl (C=O) groups is 5. The minimum absolute atomic E-state index is 0.0597. The number of nitrogens with zero attached hydrogens (tertiary/aromatic N) is 3. The van der Waals surface area contributed by atoms with Gasteiger partial charge in [-0.05, 0) is 60.0 Å². The molecule has 16 nitrogen and oxygen atoms in total. The zero-order chi connectivity index (χ0) is 34.8. The highest BCUT2D eigenvalue weighted by atomic mass is 32.2. The predicted molar refractivity (Wildman–Crippen MR) is 171 cm³/mol. The number of hydrogen-bond donors (Lipinski definition) is 2. The number of nitrogens with one attached hydrogen (secondary N) is 2. The Bertz CT molecular complexity index is 1720. The molecule has 3 aromatic rings. The van der Waals surface area contributed by atoms with Crippen LogP contribution in [0.2, 0.25) is 0 Å². The van der Waals surface area contributed by atoms with E-state index in [-0.39, 0.29) is 59.2 Å². The lowest BCUT2D eigenvalue weighted by molar-refractivity contribution is -0.385. The molecule has 2 atom stereocenters. The number of amides is 3. The van der Waals surface area contributed by atoms with Gasteiger partial charge in [-0.15, -0.1) is 0 Å². The minimum Gasteiger partial charge on any atom is -0.460 e. The molecule has 0 saturated carbocycles. The fourth-order valence-electron chi connectivity index (χ4n) is 4.66. The second-order valence-corrected chi connectivity index (χ2v) is 11.9. The highest BCUT2D eigenvalue weighted by molar-refractivity contribution is 8.14. The van der Waals surface area contributed by atoms with Crippen molar-refractivity contribution in [3.8, 4) is 0 Å². The lowest BCUT2D eigenvalue weighted by Crippen LogP contribution is -2.43. The molecule has 3 amide bonds. The van der Waals surface area contributed by atoms with Crippen molar-refractivity contribution in [2.24, 2.45) is 0 Å². The second-order valence-electron chi connectivity index (χ2n) is 10.5. The van der Waals surface area contributed by atoms with Crippen LogP contribution in [-0.4, -0.2) is 68.1 Å². The SMILES string of the molecule is CC(=O)S[C@H]1C[C@@H](C(=O)Nc2cccc(C(=O)NCC(=O)OCc3ccc([N+](=O)[O-])cc3)c2)N(C(=O)OCc2ccc([N+](=O)[O-])cc2)C1. The van der Waals surface area contributed by atoms with Crippen molar-refractivity contribution < 1.29 is 43.3 Å². The second kappa shape index (κ2) is 16.1. The van der Waals surface area contributed by atoms with Gasteiger partial charge in [-0.1, -0.05) is 17.8 Å². The largest absolute Gasteiger partial charge is 0.460 e. The summed E-state index contributed by atoms with van der Waals surface area (Å²) < 4.78 is 10.5. The van der Waals surface area contributed by atoms with Gasteiger partial charge in [0.05, 0.1) is 9.85 Å². The molecule has 0 spiro atoms. The normalized spacial score (nSPS) is 15.2. The van der Waals surface area contributed by atoms with Crippen LogP contribution in [0.5, 0.6) is 0 Å². The van der Waals surface area contributed by atoms with Gasteiger partial charge in [0.1, 0.15) is 25.8 Å². The number of anilines is 1. The van der Waals surface area contributed by atoms with E-state index in [1.165, 1.54) is 84.6 Å². The zero-order valence-electron chi connectivity index (χ0n) is 25.4. The van der Waals surface area contributed by atoms with Gasteiger partial charge in [0.25, 0.3) is 17.3 Å². The van der Waals surface area contributed by atoms with E-state index in [1.54, 1.807) is 0 Å². The lowest BCUT2D eigenvalue weighted by atomic mass is 10.1. The van der Waals surface area contributed by atoms with Crippen molar-refractivity contribution in [1.29, 1.82) is 0 Å². The number of ether oxygens (including phenoxy) is 2. The summed E-state index contributed by atoms with van der Waals surface area (Å²) in [5.41, 5.74) is 1.14. The Balaban J connectivity index is 1.32. The number of rotatable bonds is 12. The number of esters is 1. The third kappa shape index (κ3) is 9.83. The highest BCUT2D eigenvalue weighted by Gasteiger charge is 2.41. The molecule has 2 N–H and O–H groups in total. The van der Waals surface area contributed by atoms with Gasteiger partial charge in [-0.25, -0.2) is 4.79 Å². The zero-order valence-corrected chi connectivity index (χ0v) is 26.2. The molecule has 1 saturated heterocycles. The van der Waals surface area contributed by atoms with Crippen molar-refractivity contribution in [2.75, 3.05) is 18.4 Å². The Morgan fingerprint density at radius 2 is 1.46 bits per heavy atom. The van der Waals surface area contributed by atoms with Crippen LogP contribution in [0.15, 0.2) is 72.8 Å². The molecule has 0 aromatic heterocycles. The van der Waals surface area contributed by atoms with Crippen LogP contribution in [-0.2, 0) is 37.1 Å². The number of nitro benzene ring substituents is 2. The Morgan fingerprint density at radius 3 is 2.02 bits per heavy atom. The third-order valence-electron chi connectivity index (χ3n) is 6.97. The average molecular weight is 680 g/mol. The summed E-state index contributed by atoms with van der Waals surface area (Å²) >= 11 is 1.000. The molecule has 17 heteroatoms. The van der Waals surface area contributed by atoms with Crippen LogP contribution in [0.3, 0.4) is 0 Å². The molecule has 1 aliphatic rings. The Morgan fingerprint density at radius 1 is 0.875 bits per heavy atom. The Labute approximate surface area is 277 Å². The summed E-state index contributed by atoms with van der Waals surface area (Å²) in [7, 11) is 0. The number of benzene rings is 3. The molecule has 1 aliphatic heterocycles. The van der Waals surface area contributed by atoms with Crippen molar-refractivity contribution >= 4 is 57.8 Å². The monoisotopic (exact) mass is 679 g/mol. The van der Waals surface area contributed by atoms with Gasteiger partial charge in [-0.3, -0.25) is 44.3 Å². The fourth-order valence-corrected chi connectivity index (χ4v) is 5.64. The number of non-ortho nitro benzene ring substituents is 2. The van der Waals surface area contributed by atoms with E-state index in [0.717, 1.165) is 11.8 Å². The molecule has 250 valence electrons. The number of carbonyl (C=O) groups excluding carboxylic acids is 5. The van der Waals surface area contributed by atoms with Crippen molar-refractivity contribution in [3.05, 3.63) is 110 Å². The Hall–Kier alpha value is -5.84. The highest BCUT2D eigenvalue weighted by Crippen LogP contribution is 2.30. The van der Waals surface area contributed by atoms with Crippen LogP contribution in [0.4, 0.5) is 21.9 Å². The maximum atomic E-state index is 13.4. The number of likely N-dealkylation sites (tertiary alicyclic amines) is 1. The smallest absolute Gasteiger partial charge is 0.410 e. The standard InChI is InChI=1S/C31H29N5O11S/c1-19(37)48-26-14-27(34(16-26)31(41)47-18-21-7-11-25(12-8-21)36(44)45)30(40)33-23-4-2-3-22(13-23)29(39)32-15-28(38)46-17-20-5-9-24(10-6-20)35(42)43/h2-13,26-27H,14-18H2,1H3,(H,32,39)(H,33,40)/t26-,27-/m0/s1. The molecule has 0 unspecified atom stereocenters. The molecular formula is C31H29N5O11S. The summed E-state index contributed by atoms with van der Waals surface area (Å²) in [4.78, 5) is 84.7. The van der Waals surface area contributed by atoms with Crippen LogP contribution in [0.1, 0.15) is 34.8 Å². The molecular weight excluding hydrogens is 650 g/mol. The minimum atomic E-state index is -1.01. The number of hydrogen-bond acceptors (Lipinski definition) is 12. The van der Waals surface area contributed by atoms with Crippen molar-refractivity contribution in [2.45, 2.75) is 37.9 Å². The molecule has 4 rings (SSSR count). The van der Waals surface area contributed by atoms with Crippen LogP contribution < -0.4 is 10.6 Å². The predicted octanol–water partition coefficient (Wildman–Crippen LogP) is 3.97. The maximum absolute atomic E-state index is 13.4. The van der Waals surface area contributed by atoms with E-state index in [0.29, 0.717) is 11.1 Å². The van der Waals surface area contributed by atoms with Gasteiger partial charge in [0, 0.05) is 54.2 Å². The first-order valence-corrected chi connectivity index (χ1v) is 15.2. The van der Waals surface area contributed by atoms with Gasteiger partial charge < -0.3 is 20.1 Å². The molecule has 0 bridgehead atoms. The molecule has 0 radical (unpaired) electrons. The summed E-state index contributed by atoms with van der Waals surface area (Å²) in [6, 6.07) is 15.8. The van der Waals surface area contributed by atoms with Gasteiger partial charge in [-0.2, -0.15) is 0 Å². The van der Waals surface area contributed by atoms with Gasteiger partial charge >= 0.3 is 12.1 Å². The number of thioether (sulfide) groups is 1. The van der Waals surface area contributed by atoms with E-state index in [9.17, 15) is 44.2 Å². The summed E-state index contributed by atoms with van der Waals surface area (Å²) in [5.74, 6) is -1.96. The quantitative estimate of drug-likeness (QED) is 0.158. The maximum Gasteiger partial charge on any atom is 0.410 e. The first kappa shape index (κ1) is 35.0. The van der Waals surface area contributed by atoms with E-state index in [4.69, 9.17) is 9.47 Å². The molecule has 0 aliphatic carbocycles. The fraction of sp³-hybridized carbons (Fsp3) is 0.258. The first-order chi connectivity index (χ1) is 22.9. The van der Waals surface area contributed by atoms with E-state index >= 15 is 0 Å². The first-order valence-electron chi connectivity index (χ1n) is 14.3. The van der Waals surface area contributed by atoms with E-state index in [1.807, 2.05) is 0 Å². The summed E-state index contributed by atoms with van der Waals surface area (Å²) in [5, 5.41) is 26.2. The van der Waals surface area contributed by atoms with Crippen LogP contribution in [0, 0.1) is 20.2 Å². The average Bonchev–Trinajstić information content (AvgIpc) is 3.49. The topological polar surface area (TPSA) is 217 Å². The van der Waals surface area contributed by atoms with Crippen molar-refractivity contribution in [3.63, 3.8) is 0 Å². The van der Waals surface area contributed by atoms with Crippen LogP contribution in [0.25, 0.3) is 0 Å². The summed E-state index contributed by atoms with van der Waals surface area (Å²) in [6.45, 7) is 0.627. The third-order valence-corrected chi connectivity index (χ3v) is 7.98. The summed E-state index contributed by atoms with van der Waals surface area (Å²) in [6.07, 6.45) is -0.654. The van der Waals surface area contributed by atoms with Gasteiger partial charge in [0.15, 0.2) is 5.12 Å². The van der Waals surface area contributed by atoms with E-state index in [2.05, 4.69) is 10.6 Å². The van der Waals surface area contributed by atoms with Crippen LogP contribution >= 0.6 is 11.8 Å². The number of nitro groups is 2. The van der Waals surface area contributed by atoms with Crippen molar-refractivity contribution in [1.82, 2.24) is 10.2 Å². The molecule has 1 fully saturated rings. The molecule has 3 aromatic carbocycles.